The van der Waals surface area contributed by atoms with E-state index in [2.05, 4.69) is 0 Å². The molecule has 0 aliphatic rings. The molecule has 0 saturated heterocycles. The molecular formula is C10H13F2N. The third kappa shape index (κ3) is 2.25. The first kappa shape index (κ1) is 10.1. The van der Waals surface area contributed by atoms with E-state index in [9.17, 15) is 8.78 Å². The van der Waals surface area contributed by atoms with Crippen molar-refractivity contribution in [2.45, 2.75) is 19.3 Å². The van der Waals surface area contributed by atoms with Crippen molar-refractivity contribution < 1.29 is 8.78 Å². The number of halogens is 2. The van der Waals surface area contributed by atoms with Gasteiger partial charge in [0.05, 0.1) is 0 Å². The molecule has 1 aromatic rings. The van der Waals surface area contributed by atoms with E-state index in [0.717, 1.165) is 18.1 Å². The Morgan fingerprint density at radius 3 is 2.46 bits per heavy atom. The summed E-state index contributed by atoms with van der Waals surface area (Å²) in [6, 6.07) is 3.94. The predicted molar refractivity (Wildman–Crippen MR) is 48.4 cm³/mol. The summed E-state index contributed by atoms with van der Waals surface area (Å²) in [7, 11) is 0. The maximum absolute atomic E-state index is 12.8. The van der Waals surface area contributed by atoms with Gasteiger partial charge in [-0.25, -0.2) is 8.78 Å². The lowest BCUT2D eigenvalue weighted by Crippen LogP contribution is -2.11. The van der Waals surface area contributed by atoms with E-state index in [4.69, 9.17) is 5.73 Å². The molecule has 0 fully saturated rings. The van der Waals surface area contributed by atoms with Gasteiger partial charge in [-0.3, -0.25) is 0 Å². The van der Waals surface area contributed by atoms with Crippen molar-refractivity contribution >= 4 is 0 Å². The molecule has 0 spiro atoms. The molecule has 0 aliphatic heterocycles. The molecule has 1 aromatic carbocycles. The van der Waals surface area contributed by atoms with Crippen molar-refractivity contribution in [3.05, 3.63) is 35.4 Å². The quantitative estimate of drug-likeness (QED) is 0.768. The van der Waals surface area contributed by atoms with Crippen molar-refractivity contribution in [3.8, 4) is 0 Å². The molecule has 1 rings (SSSR count). The first-order chi connectivity index (χ1) is 6.19. The second-order valence-corrected chi connectivity index (χ2v) is 3.01. The number of nitrogens with two attached hydrogens (primary N) is 1. The summed E-state index contributed by atoms with van der Waals surface area (Å²) in [5.41, 5.74) is 6.25. The summed E-state index contributed by atoms with van der Waals surface area (Å²) in [5, 5.41) is 0. The minimum atomic E-state index is -0.810. The van der Waals surface area contributed by atoms with Gasteiger partial charge < -0.3 is 5.73 Å². The molecule has 1 atom stereocenters. The molecule has 1 nitrogen and oxygen atoms in total. The average molecular weight is 185 g/mol. The maximum atomic E-state index is 12.8. The van der Waals surface area contributed by atoms with Crippen molar-refractivity contribution in [1.82, 2.24) is 0 Å². The van der Waals surface area contributed by atoms with Crippen molar-refractivity contribution in [3.63, 3.8) is 0 Å². The predicted octanol–water partition coefficient (Wildman–Crippen LogP) is 2.42. The van der Waals surface area contributed by atoms with Crippen LogP contribution in [0.15, 0.2) is 18.2 Å². The van der Waals surface area contributed by atoms with E-state index in [1.54, 1.807) is 6.07 Å². The molecule has 0 radical (unpaired) electrons. The highest BCUT2D eigenvalue weighted by molar-refractivity contribution is 5.21. The minimum absolute atomic E-state index is 0.120. The second-order valence-electron chi connectivity index (χ2n) is 3.01. The van der Waals surface area contributed by atoms with Gasteiger partial charge in [-0.1, -0.05) is 13.0 Å². The van der Waals surface area contributed by atoms with Crippen molar-refractivity contribution in [1.29, 1.82) is 0 Å². The SMILES string of the molecule is CCC(CN)c1ccc(F)c(F)c1. The molecule has 72 valence electrons. The normalized spacial score (nSPS) is 12.9. The lowest BCUT2D eigenvalue weighted by Gasteiger charge is -2.12. The third-order valence-electron chi connectivity index (χ3n) is 2.19. The van der Waals surface area contributed by atoms with Gasteiger partial charge in [0.1, 0.15) is 0 Å². The molecule has 0 saturated carbocycles. The summed E-state index contributed by atoms with van der Waals surface area (Å²) in [6.07, 6.45) is 0.835. The molecule has 0 aromatic heterocycles. The molecule has 13 heavy (non-hydrogen) atoms. The Bertz CT molecular complexity index is 282. The van der Waals surface area contributed by atoms with Crippen LogP contribution in [-0.2, 0) is 0 Å². The second kappa shape index (κ2) is 4.33. The Balaban J connectivity index is 2.95. The van der Waals surface area contributed by atoms with Crippen LogP contribution < -0.4 is 5.73 Å². The van der Waals surface area contributed by atoms with E-state index >= 15 is 0 Å². The first-order valence-corrected chi connectivity index (χ1v) is 4.34. The highest BCUT2D eigenvalue weighted by Gasteiger charge is 2.09. The van der Waals surface area contributed by atoms with Crippen LogP contribution in [0.3, 0.4) is 0 Å². The van der Waals surface area contributed by atoms with Gasteiger partial charge in [0, 0.05) is 0 Å². The van der Waals surface area contributed by atoms with E-state index < -0.39 is 11.6 Å². The first-order valence-electron chi connectivity index (χ1n) is 4.34. The molecule has 0 aliphatic carbocycles. The summed E-state index contributed by atoms with van der Waals surface area (Å²) in [6.45, 7) is 2.43. The van der Waals surface area contributed by atoms with Gasteiger partial charge >= 0.3 is 0 Å². The highest BCUT2D eigenvalue weighted by atomic mass is 19.2. The fraction of sp³-hybridized carbons (Fsp3) is 0.400. The molecule has 1 unspecified atom stereocenters. The van der Waals surface area contributed by atoms with E-state index in [-0.39, 0.29) is 5.92 Å². The van der Waals surface area contributed by atoms with Gasteiger partial charge in [0.15, 0.2) is 11.6 Å². The summed E-state index contributed by atoms with van der Waals surface area (Å²) in [5.74, 6) is -1.49. The summed E-state index contributed by atoms with van der Waals surface area (Å²) in [4.78, 5) is 0. The zero-order valence-electron chi connectivity index (χ0n) is 7.56. The lowest BCUT2D eigenvalue weighted by atomic mass is 9.97. The van der Waals surface area contributed by atoms with Gasteiger partial charge in [-0.2, -0.15) is 0 Å². The Morgan fingerprint density at radius 1 is 1.31 bits per heavy atom. The van der Waals surface area contributed by atoms with Crippen LogP contribution in [0.2, 0.25) is 0 Å². The number of hydrogen-bond donors (Lipinski definition) is 1. The molecule has 2 N–H and O–H groups in total. The fourth-order valence-electron chi connectivity index (χ4n) is 1.30. The average Bonchev–Trinajstić information content (AvgIpc) is 2.13. The summed E-state index contributed by atoms with van der Waals surface area (Å²) >= 11 is 0. The number of rotatable bonds is 3. The van der Waals surface area contributed by atoms with Crippen LogP contribution >= 0.6 is 0 Å². The van der Waals surface area contributed by atoms with Gasteiger partial charge in [0.25, 0.3) is 0 Å². The van der Waals surface area contributed by atoms with Crippen LogP contribution in [0.25, 0.3) is 0 Å². The molecule has 0 heterocycles. The van der Waals surface area contributed by atoms with Crippen molar-refractivity contribution in [2.75, 3.05) is 6.54 Å². The van der Waals surface area contributed by atoms with Gasteiger partial charge in [-0.15, -0.1) is 0 Å². The molecule has 3 heteroatoms. The fourth-order valence-corrected chi connectivity index (χ4v) is 1.30. The topological polar surface area (TPSA) is 26.0 Å². The zero-order valence-corrected chi connectivity index (χ0v) is 7.56. The standard InChI is InChI=1S/C10H13F2N/c1-2-7(6-13)8-3-4-9(11)10(12)5-8/h3-5,7H,2,6,13H2,1H3. The smallest absolute Gasteiger partial charge is 0.159 e. The van der Waals surface area contributed by atoms with Crippen LogP contribution in [0.4, 0.5) is 8.78 Å². The third-order valence-corrected chi connectivity index (χ3v) is 2.19. The van der Waals surface area contributed by atoms with Crippen LogP contribution in [0.5, 0.6) is 0 Å². The lowest BCUT2D eigenvalue weighted by molar-refractivity contribution is 0.504. The van der Waals surface area contributed by atoms with Crippen molar-refractivity contribution in [2.24, 2.45) is 5.73 Å². The van der Waals surface area contributed by atoms with Gasteiger partial charge in [-0.05, 0) is 36.6 Å². The van der Waals surface area contributed by atoms with Gasteiger partial charge in [0.2, 0.25) is 0 Å². The largest absolute Gasteiger partial charge is 0.330 e. The molecule has 0 bridgehead atoms. The Kier molecular flexibility index (Phi) is 3.37. The zero-order chi connectivity index (χ0) is 9.84. The molecular weight excluding hydrogens is 172 g/mol. The Morgan fingerprint density at radius 2 is 2.00 bits per heavy atom. The van der Waals surface area contributed by atoms with E-state index in [1.807, 2.05) is 6.92 Å². The van der Waals surface area contributed by atoms with Crippen LogP contribution in [0, 0.1) is 11.6 Å². The molecule has 0 amide bonds. The highest BCUT2D eigenvalue weighted by Crippen LogP contribution is 2.19. The van der Waals surface area contributed by atoms with Crippen LogP contribution in [-0.4, -0.2) is 6.54 Å². The maximum Gasteiger partial charge on any atom is 0.159 e. The Labute approximate surface area is 76.6 Å². The Hall–Kier alpha value is -0.960. The minimum Gasteiger partial charge on any atom is -0.330 e. The van der Waals surface area contributed by atoms with E-state index in [0.29, 0.717) is 6.54 Å². The van der Waals surface area contributed by atoms with Crippen LogP contribution in [0.1, 0.15) is 24.8 Å². The number of hydrogen-bond acceptors (Lipinski definition) is 1. The van der Waals surface area contributed by atoms with E-state index in [1.165, 1.54) is 6.07 Å². The monoisotopic (exact) mass is 185 g/mol. The summed E-state index contributed by atoms with van der Waals surface area (Å²) < 4.78 is 25.4. The number of benzene rings is 1.